The van der Waals surface area contributed by atoms with Gasteiger partial charge in [-0.25, -0.2) is 4.98 Å². The van der Waals surface area contributed by atoms with Crippen LogP contribution in [0.3, 0.4) is 0 Å². The third-order valence-corrected chi connectivity index (χ3v) is 3.49. The second kappa shape index (κ2) is 4.89. The van der Waals surface area contributed by atoms with Gasteiger partial charge in [0, 0.05) is 17.3 Å². The van der Waals surface area contributed by atoms with E-state index in [2.05, 4.69) is 33.0 Å². The summed E-state index contributed by atoms with van der Waals surface area (Å²) in [5.74, 6) is 1.07. The van der Waals surface area contributed by atoms with Crippen LogP contribution in [-0.2, 0) is 6.54 Å². The van der Waals surface area contributed by atoms with E-state index in [9.17, 15) is 0 Å². The van der Waals surface area contributed by atoms with Gasteiger partial charge in [-0.15, -0.1) is 11.3 Å². The van der Waals surface area contributed by atoms with E-state index in [1.165, 1.54) is 15.6 Å². The van der Waals surface area contributed by atoms with Crippen molar-refractivity contribution in [3.05, 3.63) is 15.6 Å². The Kier molecular flexibility index (Phi) is 4.08. The molecule has 0 spiro atoms. The summed E-state index contributed by atoms with van der Waals surface area (Å²) in [4.78, 5) is 6.10. The van der Waals surface area contributed by atoms with Crippen LogP contribution in [0.25, 0.3) is 0 Å². The molecule has 0 atom stereocenters. The van der Waals surface area contributed by atoms with E-state index in [1.54, 1.807) is 0 Å². The molecule has 1 rings (SSSR count). The Hall–Kier alpha value is -0.410. The number of hydrogen-bond acceptors (Lipinski definition) is 3. The van der Waals surface area contributed by atoms with Gasteiger partial charge in [0.2, 0.25) is 0 Å². The third-order valence-electron chi connectivity index (χ3n) is 2.12. The summed E-state index contributed by atoms with van der Waals surface area (Å²) >= 11 is 1.85. The Balaban J connectivity index is 2.99. The number of nitrogens with one attached hydrogen (secondary N) is 1. The highest BCUT2D eigenvalue weighted by Gasteiger charge is 2.14. The van der Waals surface area contributed by atoms with E-state index >= 15 is 0 Å². The highest BCUT2D eigenvalue weighted by atomic mass is 32.1. The molecule has 0 aromatic carbocycles. The molecule has 14 heavy (non-hydrogen) atoms. The Morgan fingerprint density at radius 3 is 2.29 bits per heavy atom. The summed E-state index contributed by atoms with van der Waals surface area (Å²) in [6, 6.07) is 0. The molecule has 1 aromatic rings. The van der Waals surface area contributed by atoms with Crippen molar-refractivity contribution in [2.24, 2.45) is 0 Å². The van der Waals surface area contributed by atoms with Gasteiger partial charge in [-0.1, -0.05) is 27.7 Å². The van der Waals surface area contributed by atoms with Crippen molar-refractivity contribution in [3.8, 4) is 0 Å². The average Bonchev–Trinajstić information content (AvgIpc) is 2.49. The number of nitrogens with zero attached hydrogens (tertiary/aromatic N) is 1. The van der Waals surface area contributed by atoms with Crippen molar-refractivity contribution in [1.82, 2.24) is 10.3 Å². The molecule has 3 heteroatoms. The van der Waals surface area contributed by atoms with Gasteiger partial charge in [0.05, 0.1) is 10.7 Å². The fourth-order valence-electron chi connectivity index (χ4n) is 1.37. The Morgan fingerprint density at radius 1 is 1.21 bits per heavy atom. The van der Waals surface area contributed by atoms with E-state index in [-0.39, 0.29) is 0 Å². The molecule has 0 saturated carbocycles. The van der Waals surface area contributed by atoms with Gasteiger partial charge >= 0.3 is 0 Å². The molecule has 1 N–H and O–H groups in total. The van der Waals surface area contributed by atoms with Crippen LogP contribution < -0.4 is 5.32 Å². The lowest BCUT2D eigenvalue weighted by Crippen LogP contribution is -2.06. The van der Waals surface area contributed by atoms with Gasteiger partial charge in [0.15, 0.2) is 0 Å². The maximum Gasteiger partial charge on any atom is 0.0957 e. The molecule has 0 amide bonds. The summed E-state index contributed by atoms with van der Waals surface area (Å²) in [5, 5.41) is 4.46. The summed E-state index contributed by atoms with van der Waals surface area (Å²) in [5.41, 5.74) is 1.27. The van der Waals surface area contributed by atoms with Crippen LogP contribution in [0.1, 0.15) is 55.1 Å². The van der Waals surface area contributed by atoms with Crippen molar-refractivity contribution in [1.29, 1.82) is 0 Å². The van der Waals surface area contributed by atoms with Crippen molar-refractivity contribution < 1.29 is 0 Å². The molecule has 0 aliphatic carbocycles. The first kappa shape index (κ1) is 11.7. The van der Waals surface area contributed by atoms with Gasteiger partial charge < -0.3 is 5.32 Å². The van der Waals surface area contributed by atoms with Crippen LogP contribution in [-0.4, -0.2) is 12.0 Å². The van der Waals surface area contributed by atoms with Gasteiger partial charge in [-0.2, -0.15) is 0 Å². The summed E-state index contributed by atoms with van der Waals surface area (Å²) < 4.78 is 0. The van der Waals surface area contributed by atoms with E-state index in [0.29, 0.717) is 11.8 Å². The number of hydrogen-bond donors (Lipinski definition) is 1. The molecule has 2 nitrogen and oxygen atoms in total. The fourth-order valence-corrected chi connectivity index (χ4v) is 2.60. The van der Waals surface area contributed by atoms with Crippen molar-refractivity contribution in [2.75, 3.05) is 7.05 Å². The molecule has 0 fully saturated rings. The lowest BCUT2D eigenvalue weighted by molar-refractivity contribution is 0.757. The Bertz CT molecular complexity index is 289. The topological polar surface area (TPSA) is 24.9 Å². The van der Waals surface area contributed by atoms with Crippen LogP contribution in [0.2, 0.25) is 0 Å². The van der Waals surface area contributed by atoms with E-state index in [1.807, 2.05) is 18.4 Å². The van der Waals surface area contributed by atoms with E-state index in [0.717, 1.165) is 6.54 Å². The van der Waals surface area contributed by atoms with Crippen LogP contribution in [0.4, 0.5) is 0 Å². The minimum atomic E-state index is 0.530. The number of thiazole rings is 1. The molecule has 0 saturated heterocycles. The SMILES string of the molecule is CNCc1sc(C(C)C)nc1C(C)C. The smallest absolute Gasteiger partial charge is 0.0957 e. The van der Waals surface area contributed by atoms with Gasteiger partial charge in [0.1, 0.15) is 0 Å². The predicted molar refractivity (Wildman–Crippen MR) is 63.1 cm³/mol. The van der Waals surface area contributed by atoms with Crippen molar-refractivity contribution >= 4 is 11.3 Å². The monoisotopic (exact) mass is 212 g/mol. The minimum Gasteiger partial charge on any atom is -0.315 e. The number of rotatable bonds is 4. The zero-order chi connectivity index (χ0) is 10.7. The van der Waals surface area contributed by atoms with Crippen LogP contribution in [0, 0.1) is 0 Å². The molecule has 0 bridgehead atoms. The van der Waals surface area contributed by atoms with Crippen LogP contribution in [0.15, 0.2) is 0 Å². The fraction of sp³-hybridized carbons (Fsp3) is 0.727. The molecule has 0 unspecified atom stereocenters. The van der Waals surface area contributed by atoms with Crippen LogP contribution >= 0.6 is 11.3 Å². The molecule has 1 heterocycles. The first-order chi connectivity index (χ1) is 6.56. The molecule has 0 aliphatic rings. The second-order valence-corrected chi connectivity index (χ2v) is 5.32. The normalized spacial score (nSPS) is 11.6. The maximum absolute atomic E-state index is 4.71. The highest BCUT2D eigenvalue weighted by Crippen LogP contribution is 2.29. The van der Waals surface area contributed by atoms with E-state index in [4.69, 9.17) is 4.98 Å². The minimum absolute atomic E-state index is 0.530. The van der Waals surface area contributed by atoms with Crippen molar-refractivity contribution in [3.63, 3.8) is 0 Å². The standard InChI is InChI=1S/C11H20N2S/c1-7(2)10-9(6-12-5)14-11(13-10)8(3)4/h7-8,12H,6H2,1-5H3. The molecule has 0 radical (unpaired) electrons. The van der Waals surface area contributed by atoms with E-state index < -0.39 is 0 Å². The predicted octanol–water partition coefficient (Wildman–Crippen LogP) is 3.11. The lowest BCUT2D eigenvalue weighted by Gasteiger charge is -2.03. The van der Waals surface area contributed by atoms with Gasteiger partial charge in [0.25, 0.3) is 0 Å². The quantitative estimate of drug-likeness (QED) is 0.829. The molecular weight excluding hydrogens is 192 g/mol. The molecule has 1 aromatic heterocycles. The van der Waals surface area contributed by atoms with Crippen LogP contribution in [0.5, 0.6) is 0 Å². The third kappa shape index (κ3) is 2.55. The second-order valence-electron chi connectivity index (χ2n) is 4.20. The molecular formula is C11H20N2S. The zero-order valence-electron chi connectivity index (χ0n) is 9.72. The Morgan fingerprint density at radius 2 is 1.86 bits per heavy atom. The molecule has 80 valence electrons. The maximum atomic E-state index is 4.71. The summed E-state index contributed by atoms with van der Waals surface area (Å²) in [6.07, 6.45) is 0. The first-order valence-electron chi connectivity index (χ1n) is 5.20. The highest BCUT2D eigenvalue weighted by molar-refractivity contribution is 7.11. The Labute approximate surface area is 90.8 Å². The van der Waals surface area contributed by atoms with Crippen molar-refractivity contribution in [2.45, 2.75) is 46.1 Å². The lowest BCUT2D eigenvalue weighted by atomic mass is 10.1. The number of aromatic nitrogens is 1. The largest absolute Gasteiger partial charge is 0.315 e. The zero-order valence-corrected chi connectivity index (χ0v) is 10.5. The molecule has 0 aliphatic heterocycles. The average molecular weight is 212 g/mol. The van der Waals surface area contributed by atoms with Gasteiger partial charge in [-0.05, 0) is 13.0 Å². The first-order valence-corrected chi connectivity index (χ1v) is 6.02. The van der Waals surface area contributed by atoms with Gasteiger partial charge in [-0.3, -0.25) is 0 Å². The summed E-state index contributed by atoms with van der Waals surface area (Å²) in [7, 11) is 1.98. The summed E-state index contributed by atoms with van der Waals surface area (Å²) in [6.45, 7) is 9.76.